The lowest BCUT2D eigenvalue weighted by atomic mass is 10.2. The molecule has 0 saturated heterocycles. The van der Waals surface area contributed by atoms with Gasteiger partial charge in [-0.15, -0.1) is 0 Å². The Morgan fingerprint density at radius 2 is 1.77 bits per heavy atom. The molecular formula is C16H16Cl2N2O2. The van der Waals surface area contributed by atoms with Crippen molar-refractivity contribution in [1.82, 2.24) is 5.32 Å². The topological polar surface area (TPSA) is 50.4 Å². The number of halogens is 2. The minimum atomic E-state index is -0.0973. The number of carbonyl (C=O) groups is 1. The van der Waals surface area contributed by atoms with Crippen molar-refractivity contribution in [3.8, 4) is 11.5 Å². The highest BCUT2D eigenvalue weighted by Gasteiger charge is 2.08. The molecule has 116 valence electrons. The summed E-state index contributed by atoms with van der Waals surface area (Å²) in [7, 11) is 0. The van der Waals surface area contributed by atoms with Crippen molar-refractivity contribution >= 4 is 34.8 Å². The standard InChI is InChI=1S/C16H16Cl2N2O2/c1-2-19-16(21)10-20-14-9-12(18)5-8-15(14)22-13-6-3-11(17)4-7-13/h3-9,20H,2,10H2,1H3,(H,19,21). The van der Waals surface area contributed by atoms with E-state index in [9.17, 15) is 4.79 Å². The Bertz CT molecular complexity index is 645. The van der Waals surface area contributed by atoms with Crippen LogP contribution in [0.4, 0.5) is 5.69 Å². The Morgan fingerprint density at radius 3 is 2.45 bits per heavy atom. The zero-order chi connectivity index (χ0) is 15.9. The van der Waals surface area contributed by atoms with Gasteiger partial charge in [-0.3, -0.25) is 4.79 Å². The summed E-state index contributed by atoms with van der Waals surface area (Å²) in [5.41, 5.74) is 0.647. The van der Waals surface area contributed by atoms with E-state index >= 15 is 0 Å². The number of carbonyl (C=O) groups excluding carboxylic acids is 1. The number of nitrogens with one attached hydrogen (secondary N) is 2. The number of amides is 1. The molecule has 22 heavy (non-hydrogen) atoms. The molecule has 2 N–H and O–H groups in total. The summed E-state index contributed by atoms with van der Waals surface area (Å²) in [6, 6.07) is 12.2. The number of ether oxygens (including phenoxy) is 1. The number of benzene rings is 2. The predicted molar refractivity (Wildman–Crippen MR) is 90.2 cm³/mol. The molecule has 0 aliphatic heterocycles. The third-order valence-corrected chi connectivity index (χ3v) is 3.28. The molecule has 1 amide bonds. The quantitative estimate of drug-likeness (QED) is 0.823. The molecule has 0 aromatic heterocycles. The second-order valence-corrected chi connectivity index (χ2v) is 5.38. The molecule has 0 saturated carbocycles. The summed E-state index contributed by atoms with van der Waals surface area (Å²) < 4.78 is 5.80. The van der Waals surface area contributed by atoms with Crippen LogP contribution in [0.1, 0.15) is 6.92 Å². The van der Waals surface area contributed by atoms with Gasteiger partial charge in [0.2, 0.25) is 5.91 Å². The van der Waals surface area contributed by atoms with Gasteiger partial charge in [0.25, 0.3) is 0 Å². The van der Waals surface area contributed by atoms with Crippen molar-refractivity contribution in [3.05, 3.63) is 52.5 Å². The van der Waals surface area contributed by atoms with E-state index in [0.29, 0.717) is 33.8 Å². The van der Waals surface area contributed by atoms with Crippen LogP contribution in [0.25, 0.3) is 0 Å². The van der Waals surface area contributed by atoms with Gasteiger partial charge in [-0.25, -0.2) is 0 Å². The minimum absolute atomic E-state index is 0.0973. The molecule has 0 heterocycles. The van der Waals surface area contributed by atoms with E-state index in [0.717, 1.165) is 0 Å². The Hall–Kier alpha value is -1.91. The molecule has 2 rings (SSSR count). The number of likely N-dealkylation sites (N-methyl/N-ethyl adjacent to an activating group) is 1. The summed E-state index contributed by atoms with van der Waals surface area (Å²) in [5, 5.41) is 6.93. The minimum Gasteiger partial charge on any atom is -0.455 e. The number of anilines is 1. The normalized spacial score (nSPS) is 10.1. The lowest BCUT2D eigenvalue weighted by Crippen LogP contribution is -2.29. The fraction of sp³-hybridized carbons (Fsp3) is 0.188. The van der Waals surface area contributed by atoms with Gasteiger partial charge in [0.15, 0.2) is 5.75 Å². The zero-order valence-electron chi connectivity index (χ0n) is 12.0. The number of rotatable bonds is 6. The maximum absolute atomic E-state index is 11.5. The maximum atomic E-state index is 11.5. The predicted octanol–water partition coefficient (Wildman–Crippen LogP) is 4.33. The first-order chi connectivity index (χ1) is 10.6. The van der Waals surface area contributed by atoms with Crippen LogP contribution in [-0.4, -0.2) is 19.0 Å². The summed E-state index contributed by atoms with van der Waals surface area (Å²) in [6.45, 7) is 2.60. The fourth-order valence-electron chi connectivity index (χ4n) is 1.79. The van der Waals surface area contributed by atoms with E-state index in [1.54, 1.807) is 42.5 Å². The van der Waals surface area contributed by atoms with Gasteiger partial charge in [0.1, 0.15) is 5.75 Å². The molecule has 0 unspecified atom stereocenters. The fourth-order valence-corrected chi connectivity index (χ4v) is 2.09. The van der Waals surface area contributed by atoms with Crippen molar-refractivity contribution in [2.75, 3.05) is 18.4 Å². The van der Waals surface area contributed by atoms with Crippen molar-refractivity contribution in [2.24, 2.45) is 0 Å². The van der Waals surface area contributed by atoms with Gasteiger partial charge in [-0.1, -0.05) is 23.2 Å². The molecule has 2 aromatic rings. The monoisotopic (exact) mass is 338 g/mol. The van der Waals surface area contributed by atoms with Crippen molar-refractivity contribution in [3.63, 3.8) is 0 Å². The highest BCUT2D eigenvalue weighted by Crippen LogP contribution is 2.32. The van der Waals surface area contributed by atoms with Crippen molar-refractivity contribution < 1.29 is 9.53 Å². The second-order valence-electron chi connectivity index (χ2n) is 4.50. The number of hydrogen-bond acceptors (Lipinski definition) is 3. The average molecular weight is 339 g/mol. The first kappa shape index (κ1) is 16.5. The summed E-state index contributed by atoms with van der Waals surface area (Å²) >= 11 is 11.9. The second kappa shape index (κ2) is 7.92. The van der Waals surface area contributed by atoms with Crippen LogP contribution in [0.3, 0.4) is 0 Å². The van der Waals surface area contributed by atoms with Crippen LogP contribution >= 0.6 is 23.2 Å². The highest BCUT2D eigenvalue weighted by atomic mass is 35.5. The van der Waals surface area contributed by atoms with E-state index in [4.69, 9.17) is 27.9 Å². The van der Waals surface area contributed by atoms with Crippen LogP contribution in [0.2, 0.25) is 10.0 Å². The first-order valence-corrected chi connectivity index (χ1v) is 7.57. The van der Waals surface area contributed by atoms with E-state index in [1.807, 2.05) is 6.92 Å². The summed E-state index contributed by atoms with van der Waals surface area (Å²) in [5.74, 6) is 1.13. The third-order valence-electron chi connectivity index (χ3n) is 2.80. The molecule has 0 fully saturated rings. The molecule has 0 radical (unpaired) electrons. The maximum Gasteiger partial charge on any atom is 0.239 e. The Balaban J connectivity index is 2.13. The molecule has 0 spiro atoms. The molecule has 4 nitrogen and oxygen atoms in total. The van der Waals surface area contributed by atoms with Crippen LogP contribution in [-0.2, 0) is 4.79 Å². The SMILES string of the molecule is CCNC(=O)CNc1cc(Cl)ccc1Oc1ccc(Cl)cc1. The van der Waals surface area contributed by atoms with Gasteiger partial charge in [-0.2, -0.15) is 0 Å². The Morgan fingerprint density at radius 1 is 1.09 bits per heavy atom. The van der Waals surface area contributed by atoms with Crippen molar-refractivity contribution in [2.45, 2.75) is 6.92 Å². The van der Waals surface area contributed by atoms with E-state index in [1.165, 1.54) is 0 Å². The average Bonchev–Trinajstić information content (AvgIpc) is 2.50. The molecular weight excluding hydrogens is 323 g/mol. The molecule has 2 aromatic carbocycles. The van der Waals surface area contributed by atoms with Gasteiger partial charge in [-0.05, 0) is 49.4 Å². The van der Waals surface area contributed by atoms with Crippen molar-refractivity contribution in [1.29, 1.82) is 0 Å². The summed E-state index contributed by atoms with van der Waals surface area (Å²) in [4.78, 5) is 11.5. The van der Waals surface area contributed by atoms with Gasteiger partial charge >= 0.3 is 0 Å². The molecule has 0 aliphatic rings. The van der Waals surface area contributed by atoms with E-state index in [-0.39, 0.29) is 12.5 Å². The van der Waals surface area contributed by atoms with Gasteiger partial charge in [0.05, 0.1) is 12.2 Å². The highest BCUT2D eigenvalue weighted by molar-refractivity contribution is 6.31. The lowest BCUT2D eigenvalue weighted by molar-refractivity contribution is -0.119. The third kappa shape index (κ3) is 4.83. The molecule has 0 aliphatic carbocycles. The lowest BCUT2D eigenvalue weighted by Gasteiger charge is -2.13. The van der Waals surface area contributed by atoms with E-state index in [2.05, 4.69) is 10.6 Å². The van der Waals surface area contributed by atoms with Crippen LogP contribution in [0, 0.1) is 0 Å². The Labute approximate surface area is 139 Å². The largest absolute Gasteiger partial charge is 0.455 e. The first-order valence-electron chi connectivity index (χ1n) is 6.82. The summed E-state index contributed by atoms with van der Waals surface area (Å²) in [6.07, 6.45) is 0. The van der Waals surface area contributed by atoms with Crippen LogP contribution in [0.15, 0.2) is 42.5 Å². The molecule has 0 atom stereocenters. The number of hydrogen-bond donors (Lipinski definition) is 2. The zero-order valence-corrected chi connectivity index (χ0v) is 13.5. The molecule has 0 bridgehead atoms. The van der Waals surface area contributed by atoms with Gasteiger partial charge in [0, 0.05) is 16.6 Å². The van der Waals surface area contributed by atoms with E-state index < -0.39 is 0 Å². The van der Waals surface area contributed by atoms with Crippen LogP contribution < -0.4 is 15.4 Å². The van der Waals surface area contributed by atoms with Crippen LogP contribution in [0.5, 0.6) is 11.5 Å². The Kier molecular flexibility index (Phi) is 5.92. The van der Waals surface area contributed by atoms with Gasteiger partial charge < -0.3 is 15.4 Å². The smallest absolute Gasteiger partial charge is 0.239 e. The molecule has 6 heteroatoms.